The first-order valence-electron chi connectivity index (χ1n) is 51.7. The van der Waals surface area contributed by atoms with Crippen molar-refractivity contribution in [1.82, 2.24) is 102 Å². The normalized spacial score (nSPS) is 21.1. The number of aromatic amines is 4. The molecule has 4 fully saturated rings. The molecule has 0 radical (unpaired) electrons. The first-order valence-corrected chi connectivity index (χ1v) is 51.7. The second kappa shape index (κ2) is 53.2. The quantitative estimate of drug-likeness (QED) is 0.0135. The fourth-order valence-electron chi connectivity index (χ4n) is 23.2. The molecule has 776 valence electrons. The smallest absolute Gasteiger partial charge is 0.324 e. The Balaban J connectivity index is 0.000000161. The van der Waals surface area contributed by atoms with E-state index in [9.17, 15) is 57.5 Å². The van der Waals surface area contributed by atoms with E-state index in [2.05, 4.69) is 206 Å². The summed E-state index contributed by atoms with van der Waals surface area (Å²) >= 11 is 0. The van der Waals surface area contributed by atoms with E-state index in [4.69, 9.17) is 22.9 Å². The van der Waals surface area contributed by atoms with Crippen molar-refractivity contribution in [2.75, 3.05) is 183 Å². The summed E-state index contributed by atoms with van der Waals surface area (Å²) in [5, 5.41) is 28.5. The van der Waals surface area contributed by atoms with Gasteiger partial charge in [-0.25, -0.2) is 19.2 Å². The van der Waals surface area contributed by atoms with Gasteiger partial charge in [0.2, 0.25) is 23.6 Å². The molecule has 36 nitrogen and oxygen atoms in total. The molecule has 8 heterocycles. The molecule has 0 saturated carbocycles. The molecular weight excluding hydrogens is 1830 g/mol. The van der Waals surface area contributed by atoms with Crippen molar-refractivity contribution in [3.63, 3.8) is 0 Å². The zero-order valence-corrected chi connectivity index (χ0v) is 84.4. The van der Waals surface area contributed by atoms with Gasteiger partial charge in [-0.05, 0) is 200 Å². The number of H-pyrrole nitrogens is 4. The van der Waals surface area contributed by atoms with Crippen molar-refractivity contribution >= 4 is 114 Å². The summed E-state index contributed by atoms with van der Waals surface area (Å²) in [7, 11) is 0. The Morgan fingerprint density at radius 2 is 0.542 bits per heavy atom. The number of carbonyl (C=O) groups excluding carboxylic acids is 12. The summed E-state index contributed by atoms with van der Waals surface area (Å²) < 4.78 is 0. The van der Waals surface area contributed by atoms with Gasteiger partial charge in [0.15, 0.2) is 23.1 Å². The van der Waals surface area contributed by atoms with Gasteiger partial charge in [0.05, 0.1) is 76.0 Å². The fourth-order valence-corrected chi connectivity index (χ4v) is 23.2. The van der Waals surface area contributed by atoms with Crippen molar-refractivity contribution < 1.29 is 57.5 Å². The minimum Gasteiger partial charge on any atom is -0.361 e. The second-order valence-electron chi connectivity index (χ2n) is 38.9. The summed E-state index contributed by atoms with van der Waals surface area (Å²) in [4.78, 5) is 181. The minimum absolute atomic E-state index is 0.000461. The lowest BCUT2D eigenvalue weighted by atomic mass is 9.72. The number of Topliss-reactive ketones (excluding diaryl/α,β-unsaturated/α-hetero) is 4. The number of imide groups is 4. The number of fused-ring (bicyclic) bond motifs is 8. The van der Waals surface area contributed by atoms with E-state index in [1.54, 1.807) is 0 Å². The predicted octanol–water partition coefficient (Wildman–Crippen LogP) is 7.00. The van der Waals surface area contributed by atoms with E-state index >= 15 is 0 Å². The summed E-state index contributed by atoms with van der Waals surface area (Å²) in [5.41, 5.74) is 36.3. The lowest BCUT2D eigenvalue weighted by molar-refractivity contribution is -0.136. The number of hydrogen-bond donors (Lipinski definition) is 16. The van der Waals surface area contributed by atoms with Gasteiger partial charge in [0.25, 0.3) is 0 Å². The molecule has 0 bridgehead atoms. The Kier molecular flexibility index (Phi) is 40.3. The molecule has 12 amide bonds. The average molecular weight is 1980 g/mol. The van der Waals surface area contributed by atoms with Crippen LogP contribution in [0.3, 0.4) is 0 Å². The molecule has 0 spiro atoms. The SMILES string of the molecule is C=CCN1C[C@H](C(=O)N(CCCNCC(=O)CN)C(=O)NCC)C[C@@H]2c3cccc4[nH]cc(c34)C[C@H]21.C=CCN1C[C@H](C(=O)N(CCCNCC(=O)CN)C(=O)NCC)C[C@@H]2c3cccc4[nH]cc(c34)C[C@H]21.C=CCN1C[C@H](C(=O)N(CCCNCC(=O)CN)C(=O)NCC)C[C@@H]2c3cccc4[nH]cc(c34)C[C@H]21.C=CCN1C[C@H](C(=O)N(CCCNCC(=O)CN)C(=O)NCC)C[C@@H]2c3cccc4[nH]cc(c34)C[C@H]21. The van der Waals surface area contributed by atoms with Gasteiger partial charge in [0.1, 0.15) is 0 Å². The van der Waals surface area contributed by atoms with Crippen molar-refractivity contribution in [2.24, 2.45) is 46.6 Å². The molecule has 8 aliphatic rings. The van der Waals surface area contributed by atoms with Gasteiger partial charge in [-0.15, -0.1) is 26.3 Å². The standard InChI is InChI=1S/4C27H38N6O3/c4*1-3-10-32-17-19(12-22-21-7-5-8-23-25(21)18(15-31-23)13-24(22)32)26(35)33(27(36)30-4-2)11-6-9-29-16-20(34)14-28/h4*3,5,7-8,15,19,22,24,29,31H,1,4,6,9-14,16-17,28H2,2H3,(H,30,36)/t4*19-,22-,24-/m1111/s1. The van der Waals surface area contributed by atoms with Gasteiger partial charge in [-0.3, -0.25) is 77.6 Å². The number of benzene rings is 4. The molecule has 0 unspecified atom stereocenters. The Morgan fingerprint density at radius 3 is 0.729 bits per heavy atom. The van der Waals surface area contributed by atoms with E-state index in [-0.39, 0.29) is 197 Å². The first-order chi connectivity index (χ1) is 69.9. The van der Waals surface area contributed by atoms with Crippen LogP contribution in [0, 0.1) is 23.7 Å². The molecule has 8 aromatic rings. The van der Waals surface area contributed by atoms with E-state index in [0.717, 1.165) is 47.8 Å². The zero-order valence-electron chi connectivity index (χ0n) is 84.4. The van der Waals surface area contributed by atoms with Crippen LogP contribution in [0.25, 0.3) is 43.6 Å². The van der Waals surface area contributed by atoms with Gasteiger partial charge in [0, 0.05) is 221 Å². The summed E-state index contributed by atoms with van der Waals surface area (Å²) in [5.74, 6) is -1.19. The molecule has 4 aliphatic carbocycles. The van der Waals surface area contributed by atoms with Crippen LogP contribution in [-0.4, -0.2) is 337 Å². The van der Waals surface area contributed by atoms with Crippen molar-refractivity contribution in [1.29, 1.82) is 0 Å². The number of piperidine rings is 4. The highest BCUT2D eigenvalue weighted by Crippen LogP contribution is 2.50. The molecule has 16 rings (SSSR count). The van der Waals surface area contributed by atoms with Gasteiger partial charge in [-0.2, -0.15) is 0 Å². The van der Waals surface area contributed by atoms with Crippen LogP contribution in [0.15, 0.2) is 148 Å². The minimum atomic E-state index is -0.364. The molecular formula is C108H152N24O12. The number of ketones is 4. The van der Waals surface area contributed by atoms with E-state index in [1.807, 2.05) is 52.0 Å². The fraction of sp³-hybridized carbons (Fsp3) is 0.519. The lowest BCUT2D eigenvalue weighted by Gasteiger charge is -2.47. The number of hydrogen-bond acceptors (Lipinski definition) is 24. The van der Waals surface area contributed by atoms with Crippen LogP contribution in [0.4, 0.5) is 19.2 Å². The average Bonchev–Trinajstić information content (AvgIpc) is 1.58. The lowest BCUT2D eigenvalue weighted by Crippen LogP contribution is -2.55. The van der Waals surface area contributed by atoms with Gasteiger partial charge >= 0.3 is 24.1 Å². The monoisotopic (exact) mass is 1980 g/mol. The van der Waals surface area contributed by atoms with Crippen LogP contribution < -0.4 is 65.5 Å². The van der Waals surface area contributed by atoms with Crippen LogP contribution in [-0.2, 0) is 64.0 Å². The van der Waals surface area contributed by atoms with Crippen molar-refractivity contribution in [3.8, 4) is 0 Å². The highest BCUT2D eigenvalue weighted by molar-refractivity contribution is 6.00. The molecule has 12 atom stereocenters. The van der Waals surface area contributed by atoms with Crippen LogP contribution in [0.1, 0.15) is 147 Å². The number of nitrogens with zero attached hydrogens (tertiary/aromatic N) is 8. The Labute approximate surface area is 844 Å². The van der Waals surface area contributed by atoms with Gasteiger partial charge in [-0.1, -0.05) is 72.8 Å². The summed E-state index contributed by atoms with van der Waals surface area (Å²) in [6, 6.07) is 25.2. The maximum Gasteiger partial charge on any atom is 0.324 e. The Morgan fingerprint density at radius 1 is 0.333 bits per heavy atom. The highest BCUT2D eigenvalue weighted by Gasteiger charge is 2.50. The van der Waals surface area contributed by atoms with E-state index < -0.39 is 0 Å². The third kappa shape index (κ3) is 26.1. The van der Waals surface area contributed by atoms with Crippen LogP contribution in [0.5, 0.6) is 0 Å². The first kappa shape index (κ1) is 109. The number of nitrogens with one attached hydrogen (secondary N) is 12. The topological polar surface area (TPSA) is 494 Å². The van der Waals surface area contributed by atoms with E-state index in [0.29, 0.717) is 180 Å². The van der Waals surface area contributed by atoms with Crippen molar-refractivity contribution in [2.45, 2.75) is 153 Å². The zero-order chi connectivity index (χ0) is 103. The Bertz CT molecular complexity index is 5140. The number of urea groups is 4. The maximum absolute atomic E-state index is 13.8. The molecule has 36 heteroatoms. The third-order valence-corrected chi connectivity index (χ3v) is 29.6. The molecule has 20 N–H and O–H groups in total. The number of carbonyl (C=O) groups is 12. The molecule has 4 aromatic heterocycles. The van der Waals surface area contributed by atoms with Crippen molar-refractivity contribution in [3.05, 3.63) is 193 Å². The van der Waals surface area contributed by atoms with Gasteiger partial charge < -0.3 is 85.4 Å². The number of likely N-dealkylation sites (tertiary alicyclic amines) is 4. The summed E-state index contributed by atoms with van der Waals surface area (Å²) in [6.45, 7) is 34.2. The predicted molar refractivity (Wildman–Crippen MR) is 563 cm³/mol. The number of rotatable bonds is 44. The highest BCUT2D eigenvalue weighted by atomic mass is 16.2. The third-order valence-electron chi connectivity index (χ3n) is 29.6. The molecule has 4 aromatic carbocycles. The maximum atomic E-state index is 13.8. The molecule has 144 heavy (non-hydrogen) atoms. The second-order valence-corrected chi connectivity index (χ2v) is 38.9. The summed E-state index contributed by atoms with van der Waals surface area (Å²) in [6.07, 6.45) is 24.8. The number of aromatic nitrogens is 4. The van der Waals surface area contributed by atoms with Crippen LogP contribution >= 0.6 is 0 Å². The van der Waals surface area contributed by atoms with Crippen LogP contribution in [0.2, 0.25) is 0 Å². The Hall–Kier alpha value is -12.0. The molecule has 4 aliphatic heterocycles. The van der Waals surface area contributed by atoms with E-state index in [1.165, 1.54) is 85.7 Å². The molecule has 4 saturated heterocycles. The largest absolute Gasteiger partial charge is 0.361 e. The number of nitrogens with two attached hydrogens (primary N) is 4. The number of amides is 12.